The van der Waals surface area contributed by atoms with Gasteiger partial charge in [0.2, 0.25) is 0 Å². The summed E-state index contributed by atoms with van der Waals surface area (Å²) in [5.74, 6) is -0.812. The molecule has 10 heteroatoms. The van der Waals surface area contributed by atoms with Gasteiger partial charge < -0.3 is 27.9 Å². The molecule has 0 spiro atoms. The number of likely N-dealkylation sites (N-methyl/N-ethyl adjacent to an activating group) is 1. The molecule has 2 unspecified atom stereocenters. The molecule has 0 saturated heterocycles. The largest absolute Gasteiger partial charge is 0.756 e. The number of allylic oxidation sites excluding steroid dienone is 6. The van der Waals surface area contributed by atoms with Gasteiger partial charge in [0.05, 0.1) is 27.7 Å². The summed E-state index contributed by atoms with van der Waals surface area (Å²) in [6.07, 6.45) is 76.5. The maximum atomic E-state index is 12.9. The van der Waals surface area contributed by atoms with Crippen LogP contribution < -0.4 is 4.89 Å². The van der Waals surface area contributed by atoms with Crippen molar-refractivity contribution < 1.29 is 42.1 Å². The highest BCUT2D eigenvalue weighted by atomic mass is 31.2. The Morgan fingerprint density at radius 1 is 0.392 bits per heavy atom. The quantitative estimate of drug-likeness (QED) is 0.0195. The lowest BCUT2D eigenvalue weighted by Gasteiger charge is -2.28. The molecule has 0 saturated carbocycles. The second kappa shape index (κ2) is 60.8. The van der Waals surface area contributed by atoms with E-state index in [0.29, 0.717) is 17.4 Å². The summed E-state index contributed by atoms with van der Waals surface area (Å²) < 4.78 is 34.3. The van der Waals surface area contributed by atoms with Crippen LogP contribution in [-0.2, 0) is 32.7 Å². The van der Waals surface area contributed by atoms with Gasteiger partial charge in [-0.15, -0.1) is 0 Å². The van der Waals surface area contributed by atoms with Crippen LogP contribution in [0.2, 0.25) is 0 Å². The van der Waals surface area contributed by atoms with E-state index in [1.54, 1.807) is 0 Å². The molecular formula is C69H132NO8P. The summed E-state index contributed by atoms with van der Waals surface area (Å²) in [5, 5.41) is 0. The number of phosphoric acid groups is 1. The summed E-state index contributed by atoms with van der Waals surface area (Å²) in [4.78, 5) is 38.0. The van der Waals surface area contributed by atoms with E-state index in [1.807, 2.05) is 21.1 Å². The SMILES string of the molecule is CCCCCCC/C=C\C/C=C\C/C=C\CCCCCCCCCCCCCCCCCCCCC(=O)OC(COC(=O)CCCCCCCCCCCCCCCCCCCCCCCC)COP(=O)([O-])OCC[N+](C)(C)C. The van der Waals surface area contributed by atoms with Gasteiger partial charge in [0.15, 0.2) is 6.10 Å². The van der Waals surface area contributed by atoms with Gasteiger partial charge >= 0.3 is 11.9 Å². The Balaban J connectivity index is 4.00. The molecular weight excluding hydrogens is 1000 g/mol. The molecule has 0 aliphatic heterocycles. The minimum Gasteiger partial charge on any atom is -0.756 e. The van der Waals surface area contributed by atoms with Crippen LogP contribution >= 0.6 is 7.82 Å². The van der Waals surface area contributed by atoms with Gasteiger partial charge in [0, 0.05) is 12.8 Å². The standard InChI is InChI=1S/C69H132NO8P/c1-6-8-10-12-14-16-18-20-22-24-26-28-30-31-32-33-34-35-36-37-38-39-40-42-44-46-48-50-52-54-56-58-60-62-69(72)78-67(66-77-79(73,74)76-64-63-70(3,4)5)65-75-68(71)61-59-57-55-53-51-49-47-45-43-41-29-27-25-23-21-19-17-15-13-11-9-7-2/h18,20,24,26,30-31,67H,6-17,19,21-23,25,27-29,32-66H2,1-5H3/b20-18-,26-24-,31-30-. The van der Waals surface area contributed by atoms with Crippen LogP contribution in [0, 0.1) is 0 Å². The number of ether oxygens (including phenoxy) is 2. The topological polar surface area (TPSA) is 111 Å². The fourth-order valence-corrected chi connectivity index (χ4v) is 10.9. The fraction of sp³-hybridized carbons (Fsp3) is 0.884. The van der Waals surface area contributed by atoms with Gasteiger partial charge in [0.25, 0.3) is 7.82 Å². The maximum absolute atomic E-state index is 12.9. The summed E-state index contributed by atoms with van der Waals surface area (Å²) >= 11 is 0. The molecule has 0 bridgehead atoms. The first kappa shape index (κ1) is 77.2. The number of quaternary nitrogens is 1. The fourth-order valence-electron chi connectivity index (χ4n) is 10.1. The smallest absolute Gasteiger partial charge is 0.306 e. The Hall–Kier alpha value is -1.77. The first-order valence-electron chi connectivity index (χ1n) is 34.2. The van der Waals surface area contributed by atoms with Crippen LogP contribution in [0.1, 0.15) is 341 Å². The van der Waals surface area contributed by atoms with Crippen LogP contribution in [0.15, 0.2) is 36.5 Å². The Bertz CT molecular complexity index is 1430. The Morgan fingerprint density at radius 2 is 0.684 bits per heavy atom. The zero-order chi connectivity index (χ0) is 57.7. The van der Waals surface area contributed by atoms with E-state index in [4.69, 9.17) is 18.5 Å². The lowest BCUT2D eigenvalue weighted by molar-refractivity contribution is -0.870. The summed E-state index contributed by atoms with van der Waals surface area (Å²) in [6.45, 7) is 4.30. The molecule has 9 nitrogen and oxygen atoms in total. The predicted molar refractivity (Wildman–Crippen MR) is 337 cm³/mol. The minimum atomic E-state index is -4.64. The van der Waals surface area contributed by atoms with Gasteiger partial charge in [-0.05, 0) is 51.4 Å². The number of nitrogens with zero attached hydrogens (tertiary/aromatic N) is 1. The molecule has 0 aromatic rings. The number of hydrogen-bond acceptors (Lipinski definition) is 8. The molecule has 0 fully saturated rings. The third-order valence-electron chi connectivity index (χ3n) is 15.4. The molecule has 0 heterocycles. The Labute approximate surface area is 491 Å². The van der Waals surface area contributed by atoms with Crippen molar-refractivity contribution in [3.63, 3.8) is 0 Å². The molecule has 0 aromatic carbocycles. The van der Waals surface area contributed by atoms with E-state index in [-0.39, 0.29) is 32.0 Å². The van der Waals surface area contributed by atoms with Crippen molar-refractivity contribution in [1.29, 1.82) is 0 Å². The second-order valence-corrected chi connectivity index (χ2v) is 26.0. The van der Waals surface area contributed by atoms with E-state index in [0.717, 1.165) is 44.9 Å². The molecule has 0 rings (SSSR count). The van der Waals surface area contributed by atoms with Crippen molar-refractivity contribution in [2.24, 2.45) is 0 Å². The van der Waals surface area contributed by atoms with E-state index >= 15 is 0 Å². The molecule has 2 atom stereocenters. The van der Waals surface area contributed by atoms with Crippen molar-refractivity contribution >= 4 is 19.8 Å². The zero-order valence-corrected chi connectivity index (χ0v) is 54.0. The third kappa shape index (κ3) is 65.3. The van der Waals surface area contributed by atoms with Crippen molar-refractivity contribution in [2.75, 3.05) is 47.5 Å². The van der Waals surface area contributed by atoms with Crippen LogP contribution in [0.25, 0.3) is 0 Å². The summed E-state index contributed by atoms with van der Waals surface area (Å²) in [5.41, 5.74) is 0. The first-order valence-corrected chi connectivity index (χ1v) is 35.7. The maximum Gasteiger partial charge on any atom is 0.306 e. The van der Waals surface area contributed by atoms with Gasteiger partial charge in [-0.2, -0.15) is 0 Å². The van der Waals surface area contributed by atoms with E-state index in [1.165, 1.54) is 263 Å². The third-order valence-corrected chi connectivity index (χ3v) is 16.4. The van der Waals surface area contributed by atoms with Crippen LogP contribution in [0.3, 0.4) is 0 Å². The number of carbonyl (C=O) groups is 2. The van der Waals surface area contributed by atoms with E-state index < -0.39 is 26.5 Å². The molecule has 0 aliphatic rings. The van der Waals surface area contributed by atoms with Crippen molar-refractivity contribution in [2.45, 2.75) is 347 Å². The second-order valence-electron chi connectivity index (χ2n) is 24.6. The van der Waals surface area contributed by atoms with Crippen LogP contribution in [-0.4, -0.2) is 70.0 Å². The first-order chi connectivity index (χ1) is 38.5. The van der Waals surface area contributed by atoms with Gasteiger partial charge in [-0.3, -0.25) is 14.2 Å². The molecule has 0 N–H and O–H groups in total. The van der Waals surface area contributed by atoms with E-state index in [2.05, 4.69) is 50.3 Å². The van der Waals surface area contributed by atoms with Gasteiger partial charge in [-0.1, -0.05) is 314 Å². The highest BCUT2D eigenvalue weighted by molar-refractivity contribution is 7.45. The summed E-state index contributed by atoms with van der Waals surface area (Å²) in [7, 11) is 1.19. The number of carbonyl (C=O) groups excluding carboxylic acids is 2. The average Bonchev–Trinajstić information content (AvgIpc) is 3.41. The van der Waals surface area contributed by atoms with Crippen molar-refractivity contribution in [3.8, 4) is 0 Å². The number of unbranched alkanes of at least 4 members (excludes halogenated alkanes) is 44. The van der Waals surface area contributed by atoms with Gasteiger partial charge in [0.1, 0.15) is 19.8 Å². The minimum absolute atomic E-state index is 0.0277. The normalized spacial score (nSPS) is 13.3. The predicted octanol–water partition coefficient (Wildman–Crippen LogP) is 21.3. The highest BCUT2D eigenvalue weighted by Gasteiger charge is 2.22. The molecule has 79 heavy (non-hydrogen) atoms. The molecule has 0 aromatic heterocycles. The molecule has 466 valence electrons. The van der Waals surface area contributed by atoms with Crippen LogP contribution in [0.5, 0.6) is 0 Å². The number of esters is 2. The number of phosphoric ester groups is 1. The Morgan fingerprint density at radius 3 is 1.01 bits per heavy atom. The molecule has 0 radical (unpaired) electrons. The monoisotopic (exact) mass is 1130 g/mol. The van der Waals surface area contributed by atoms with Crippen molar-refractivity contribution in [1.82, 2.24) is 0 Å². The molecule has 0 aliphatic carbocycles. The van der Waals surface area contributed by atoms with Gasteiger partial charge in [-0.25, -0.2) is 0 Å². The zero-order valence-electron chi connectivity index (χ0n) is 53.1. The van der Waals surface area contributed by atoms with Crippen molar-refractivity contribution in [3.05, 3.63) is 36.5 Å². The number of hydrogen-bond donors (Lipinski definition) is 0. The number of rotatable bonds is 64. The molecule has 0 amide bonds. The summed E-state index contributed by atoms with van der Waals surface area (Å²) in [6, 6.07) is 0. The van der Waals surface area contributed by atoms with Crippen LogP contribution in [0.4, 0.5) is 0 Å². The lowest BCUT2D eigenvalue weighted by Crippen LogP contribution is -2.37. The lowest BCUT2D eigenvalue weighted by atomic mass is 10.0. The average molecular weight is 1130 g/mol. The Kier molecular flexibility index (Phi) is 59.4. The van der Waals surface area contributed by atoms with E-state index in [9.17, 15) is 19.0 Å². The highest BCUT2D eigenvalue weighted by Crippen LogP contribution is 2.38.